The second-order valence-corrected chi connectivity index (χ2v) is 5.06. The highest BCUT2D eigenvalue weighted by Crippen LogP contribution is 2.27. The largest absolute Gasteiger partial charge is 0.388 e. The van der Waals surface area contributed by atoms with Gasteiger partial charge in [0.15, 0.2) is 0 Å². The predicted molar refractivity (Wildman–Crippen MR) is 70.4 cm³/mol. The maximum absolute atomic E-state index is 4.24. The SMILES string of the molecule is CC1C/C=C/C(C)(CCn2cccn2)/C=C\N1. The summed E-state index contributed by atoms with van der Waals surface area (Å²) < 4.78 is 1.99. The average Bonchev–Trinajstić information content (AvgIpc) is 2.77. The molecule has 1 aromatic rings. The first-order valence-electron chi connectivity index (χ1n) is 6.27. The summed E-state index contributed by atoms with van der Waals surface area (Å²) in [7, 11) is 0. The molecule has 0 bridgehead atoms. The van der Waals surface area contributed by atoms with E-state index < -0.39 is 0 Å². The monoisotopic (exact) mass is 231 g/mol. The number of hydrogen-bond donors (Lipinski definition) is 1. The molecule has 3 nitrogen and oxygen atoms in total. The summed E-state index contributed by atoms with van der Waals surface area (Å²) in [6.45, 7) is 5.41. The fraction of sp³-hybridized carbons (Fsp3) is 0.500. The van der Waals surface area contributed by atoms with Crippen LogP contribution in [0.1, 0.15) is 26.7 Å². The Labute approximate surface area is 103 Å². The van der Waals surface area contributed by atoms with Crippen molar-refractivity contribution in [2.45, 2.75) is 39.3 Å². The number of aryl methyl sites for hydroxylation is 1. The van der Waals surface area contributed by atoms with E-state index in [1.807, 2.05) is 23.1 Å². The Balaban J connectivity index is 1.97. The lowest BCUT2D eigenvalue weighted by Gasteiger charge is -2.24. The number of nitrogens with zero attached hydrogens (tertiary/aromatic N) is 2. The third-order valence-electron chi connectivity index (χ3n) is 3.27. The van der Waals surface area contributed by atoms with Crippen molar-refractivity contribution in [3.05, 3.63) is 42.9 Å². The van der Waals surface area contributed by atoms with Crippen LogP contribution >= 0.6 is 0 Å². The highest BCUT2D eigenvalue weighted by molar-refractivity contribution is 5.11. The van der Waals surface area contributed by atoms with Gasteiger partial charge in [-0.1, -0.05) is 25.2 Å². The van der Waals surface area contributed by atoms with E-state index in [-0.39, 0.29) is 5.41 Å². The van der Waals surface area contributed by atoms with Gasteiger partial charge in [-0.15, -0.1) is 0 Å². The Hall–Kier alpha value is -1.51. The zero-order valence-corrected chi connectivity index (χ0v) is 10.6. The molecule has 2 unspecified atom stereocenters. The first kappa shape index (κ1) is 12.0. The summed E-state index contributed by atoms with van der Waals surface area (Å²) in [5, 5.41) is 7.62. The fourth-order valence-corrected chi connectivity index (χ4v) is 2.02. The van der Waals surface area contributed by atoms with Gasteiger partial charge in [-0.25, -0.2) is 0 Å². The second kappa shape index (κ2) is 5.21. The van der Waals surface area contributed by atoms with Gasteiger partial charge in [0, 0.05) is 30.4 Å². The molecule has 0 aliphatic carbocycles. The van der Waals surface area contributed by atoms with Crippen molar-refractivity contribution in [3.63, 3.8) is 0 Å². The van der Waals surface area contributed by atoms with Gasteiger partial charge in [-0.05, 0) is 32.0 Å². The van der Waals surface area contributed by atoms with Gasteiger partial charge in [-0.3, -0.25) is 4.68 Å². The van der Waals surface area contributed by atoms with Crippen molar-refractivity contribution in [3.8, 4) is 0 Å². The van der Waals surface area contributed by atoms with Gasteiger partial charge in [0.05, 0.1) is 0 Å². The molecule has 92 valence electrons. The summed E-state index contributed by atoms with van der Waals surface area (Å²) in [5.74, 6) is 0. The Morgan fingerprint density at radius 3 is 3.12 bits per heavy atom. The van der Waals surface area contributed by atoms with Crippen LogP contribution in [0.4, 0.5) is 0 Å². The van der Waals surface area contributed by atoms with Crippen LogP contribution in [0.15, 0.2) is 42.9 Å². The molecule has 1 aliphatic rings. The van der Waals surface area contributed by atoms with Crippen LogP contribution in [-0.4, -0.2) is 15.8 Å². The van der Waals surface area contributed by atoms with Crippen LogP contribution in [0.2, 0.25) is 0 Å². The van der Waals surface area contributed by atoms with E-state index in [4.69, 9.17) is 0 Å². The molecule has 0 radical (unpaired) electrons. The summed E-state index contributed by atoms with van der Waals surface area (Å²) in [5.41, 5.74) is 0.124. The molecule has 1 N–H and O–H groups in total. The number of aromatic nitrogens is 2. The van der Waals surface area contributed by atoms with Crippen molar-refractivity contribution in [1.29, 1.82) is 0 Å². The molecule has 0 aromatic carbocycles. The lowest BCUT2D eigenvalue weighted by atomic mass is 9.85. The van der Waals surface area contributed by atoms with E-state index in [0.29, 0.717) is 6.04 Å². The zero-order valence-electron chi connectivity index (χ0n) is 10.6. The third-order valence-corrected chi connectivity index (χ3v) is 3.27. The standard InChI is InChI=1S/C14H21N3/c1-13-5-3-6-14(2,7-10-15-13)8-12-17-11-4-9-16-17/h3-4,6-7,9-11,13,15H,5,8,12H2,1-2H3/b6-3+,10-7-. The topological polar surface area (TPSA) is 29.9 Å². The van der Waals surface area contributed by atoms with Gasteiger partial charge in [0.2, 0.25) is 0 Å². The van der Waals surface area contributed by atoms with Gasteiger partial charge >= 0.3 is 0 Å². The lowest BCUT2D eigenvalue weighted by Crippen LogP contribution is -2.23. The first-order valence-corrected chi connectivity index (χ1v) is 6.27. The minimum Gasteiger partial charge on any atom is -0.388 e. The van der Waals surface area contributed by atoms with E-state index in [1.54, 1.807) is 0 Å². The molecule has 1 aromatic heterocycles. The van der Waals surface area contributed by atoms with E-state index in [9.17, 15) is 0 Å². The molecule has 2 heterocycles. The molecule has 0 spiro atoms. The summed E-state index contributed by atoms with van der Waals surface area (Å²) in [4.78, 5) is 0. The van der Waals surface area contributed by atoms with Crippen molar-refractivity contribution in [2.75, 3.05) is 0 Å². The maximum atomic E-state index is 4.24. The quantitative estimate of drug-likeness (QED) is 0.811. The molecule has 2 rings (SSSR count). The minimum absolute atomic E-state index is 0.124. The number of rotatable bonds is 3. The zero-order chi connectivity index (χ0) is 12.1. The van der Waals surface area contributed by atoms with Crippen molar-refractivity contribution < 1.29 is 0 Å². The van der Waals surface area contributed by atoms with Crippen LogP contribution in [0.3, 0.4) is 0 Å². The van der Waals surface area contributed by atoms with Gasteiger partial charge < -0.3 is 5.32 Å². The molecule has 1 aliphatic heterocycles. The van der Waals surface area contributed by atoms with Crippen LogP contribution in [0, 0.1) is 5.41 Å². The molecule has 0 saturated carbocycles. The van der Waals surface area contributed by atoms with Crippen LogP contribution in [0.5, 0.6) is 0 Å². The highest BCUT2D eigenvalue weighted by Gasteiger charge is 2.18. The molecular weight excluding hydrogens is 210 g/mol. The average molecular weight is 231 g/mol. The predicted octanol–water partition coefficient (Wildman–Crippen LogP) is 2.73. The molecule has 0 saturated heterocycles. The maximum Gasteiger partial charge on any atom is 0.0489 e. The smallest absolute Gasteiger partial charge is 0.0489 e. The molecular formula is C14H21N3. The molecule has 3 heteroatoms. The van der Waals surface area contributed by atoms with Crippen LogP contribution < -0.4 is 5.32 Å². The Morgan fingerprint density at radius 2 is 2.35 bits per heavy atom. The summed E-state index contributed by atoms with van der Waals surface area (Å²) in [6, 6.07) is 2.49. The summed E-state index contributed by atoms with van der Waals surface area (Å²) >= 11 is 0. The van der Waals surface area contributed by atoms with Crippen molar-refractivity contribution >= 4 is 0 Å². The molecule has 2 atom stereocenters. The van der Waals surface area contributed by atoms with Crippen molar-refractivity contribution in [1.82, 2.24) is 15.1 Å². The van der Waals surface area contributed by atoms with Crippen LogP contribution in [0.25, 0.3) is 0 Å². The normalized spacial score (nSPS) is 32.2. The minimum atomic E-state index is 0.124. The Morgan fingerprint density at radius 1 is 1.47 bits per heavy atom. The summed E-state index contributed by atoms with van der Waals surface area (Å²) in [6.07, 6.45) is 14.9. The number of nitrogens with one attached hydrogen (secondary N) is 1. The first-order chi connectivity index (χ1) is 8.18. The van der Waals surface area contributed by atoms with Gasteiger partial charge in [0.25, 0.3) is 0 Å². The molecule has 0 amide bonds. The van der Waals surface area contributed by atoms with E-state index in [0.717, 1.165) is 19.4 Å². The molecule has 0 fully saturated rings. The highest BCUT2D eigenvalue weighted by atomic mass is 15.3. The Bertz CT molecular complexity index is 374. The van der Waals surface area contributed by atoms with Crippen LogP contribution in [-0.2, 0) is 6.54 Å². The number of allylic oxidation sites excluding steroid dienone is 2. The van der Waals surface area contributed by atoms with E-state index >= 15 is 0 Å². The van der Waals surface area contributed by atoms with E-state index in [1.165, 1.54) is 0 Å². The van der Waals surface area contributed by atoms with Crippen molar-refractivity contribution in [2.24, 2.45) is 5.41 Å². The fourth-order valence-electron chi connectivity index (χ4n) is 2.02. The second-order valence-electron chi connectivity index (χ2n) is 5.06. The van der Waals surface area contributed by atoms with Gasteiger partial charge in [0.1, 0.15) is 0 Å². The van der Waals surface area contributed by atoms with E-state index in [2.05, 4.69) is 48.7 Å². The lowest BCUT2D eigenvalue weighted by molar-refractivity contribution is 0.425. The third kappa shape index (κ3) is 3.48. The number of hydrogen-bond acceptors (Lipinski definition) is 2. The Kier molecular flexibility index (Phi) is 3.67. The van der Waals surface area contributed by atoms with Gasteiger partial charge in [-0.2, -0.15) is 5.10 Å². The molecule has 17 heavy (non-hydrogen) atoms.